The van der Waals surface area contributed by atoms with Gasteiger partial charge in [0.05, 0.1) is 5.39 Å². The van der Waals surface area contributed by atoms with Crippen molar-refractivity contribution in [2.45, 2.75) is 0 Å². The molecule has 0 saturated heterocycles. The summed E-state index contributed by atoms with van der Waals surface area (Å²) in [7, 11) is 0. The van der Waals surface area contributed by atoms with Crippen LogP contribution < -0.4 is 5.63 Å². The Morgan fingerprint density at radius 1 is 1.27 bits per heavy atom. The van der Waals surface area contributed by atoms with Gasteiger partial charge in [-0.25, -0.2) is 4.79 Å². The van der Waals surface area contributed by atoms with Crippen molar-refractivity contribution < 1.29 is 4.42 Å². The lowest BCUT2D eigenvalue weighted by molar-refractivity contribution is 0.521. The van der Waals surface area contributed by atoms with E-state index < -0.39 is 0 Å². The van der Waals surface area contributed by atoms with Crippen molar-refractivity contribution in [3.8, 4) is 0 Å². The van der Waals surface area contributed by atoms with Crippen LogP contribution >= 0.6 is 0 Å². The van der Waals surface area contributed by atoms with Gasteiger partial charge in [0.2, 0.25) is 0 Å². The van der Waals surface area contributed by atoms with Crippen molar-refractivity contribution in [2.24, 2.45) is 0 Å². The first-order valence-corrected chi connectivity index (χ1v) is 3.19. The molecule has 0 N–H and O–H groups in total. The van der Waals surface area contributed by atoms with Crippen LogP contribution in [0.1, 0.15) is 0 Å². The van der Waals surface area contributed by atoms with Crippen LogP contribution in [0.3, 0.4) is 0 Å². The minimum absolute atomic E-state index is 0.362. The van der Waals surface area contributed by atoms with E-state index in [1.165, 1.54) is 0 Å². The summed E-state index contributed by atoms with van der Waals surface area (Å²) in [6.45, 7) is 0. The summed E-state index contributed by atoms with van der Waals surface area (Å²) in [4.78, 5) is 11.0. The Morgan fingerprint density at radius 2 is 2.09 bits per heavy atom. The molecule has 0 amide bonds. The fourth-order valence-electron chi connectivity index (χ4n) is 0.952. The Labute approximate surface area is 63.1 Å². The smallest absolute Gasteiger partial charge is 0.353 e. The average molecular weight is 144 g/mol. The summed E-state index contributed by atoms with van der Waals surface area (Å²) in [6.07, 6.45) is 2.29. The summed E-state index contributed by atoms with van der Waals surface area (Å²) in [5.41, 5.74) is -0.362. The summed E-state index contributed by atoms with van der Waals surface area (Å²) >= 11 is 0. The monoisotopic (exact) mass is 144 g/mol. The normalized spacial score (nSPS) is 9.45. The van der Waals surface area contributed by atoms with Gasteiger partial charge in [-0.15, -0.1) is 0 Å². The van der Waals surface area contributed by atoms with E-state index in [1.807, 2.05) is 6.07 Å². The van der Waals surface area contributed by atoms with E-state index in [1.54, 1.807) is 18.2 Å². The molecule has 1 aromatic heterocycles. The van der Waals surface area contributed by atoms with Crippen molar-refractivity contribution in [1.82, 2.24) is 0 Å². The zero-order chi connectivity index (χ0) is 7.68. The van der Waals surface area contributed by atoms with E-state index in [4.69, 9.17) is 0 Å². The lowest BCUT2D eigenvalue weighted by Crippen LogP contribution is -1.95. The second kappa shape index (κ2) is 2.14. The highest BCUT2D eigenvalue weighted by molar-refractivity contribution is 5.78. The molecule has 52 valence electrons. The van der Waals surface area contributed by atoms with Gasteiger partial charge in [-0.05, 0) is 18.2 Å². The molecule has 0 bridgehead atoms. The molecule has 2 aromatic rings. The van der Waals surface area contributed by atoms with E-state index in [2.05, 4.69) is 16.7 Å². The van der Waals surface area contributed by atoms with Gasteiger partial charge in [0.15, 0.2) is 0 Å². The molecule has 0 radical (unpaired) electrons. The molecule has 0 fully saturated rings. The predicted octanol–water partition coefficient (Wildman–Crippen LogP) is 1.39. The predicted molar refractivity (Wildman–Crippen MR) is 40.2 cm³/mol. The van der Waals surface area contributed by atoms with Crippen molar-refractivity contribution in [3.63, 3.8) is 0 Å². The number of rotatable bonds is 0. The molecule has 0 unspecified atom stereocenters. The molecular weight excluding hydrogens is 140 g/mol. The first-order valence-electron chi connectivity index (χ1n) is 3.19. The average Bonchev–Trinajstić information content (AvgIpc) is 2.06. The third kappa shape index (κ3) is 0.870. The topological polar surface area (TPSA) is 30.2 Å². The maximum Gasteiger partial charge on any atom is 0.353 e. The van der Waals surface area contributed by atoms with Gasteiger partial charge in [-0.1, -0.05) is 12.1 Å². The minimum atomic E-state index is -0.362. The minimum Gasteiger partial charge on any atom is -0.368 e. The third-order valence-electron chi connectivity index (χ3n) is 1.48. The molecule has 0 aliphatic heterocycles. The van der Waals surface area contributed by atoms with Crippen molar-refractivity contribution >= 4 is 10.8 Å². The molecule has 11 heavy (non-hydrogen) atoms. The molecule has 0 atom stereocenters. The molecule has 0 aliphatic carbocycles. The quantitative estimate of drug-likeness (QED) is 0.559. The SMILES string of the molecule is O=c1oc#cc2ccccc12. The summed E-state index contributed by atoms with van der Waals surface area (Å²) < 4.78 is 4.50. The summed E-state index contributed by atoms with van der Waals surface area (Å²) in [6, 6.07) is 9.82. The van der Waals surface area contributed by atoms with E-state index in [0.717, 1.165) is 5.39 Å². The third-order valence-corrected chi connectivity index (χ3v) is 1.48. The van der Waals surface area contributed by atoms with Crippen LogP contribution in [0.2, 0.25) is 0 Å². The van der Waals surface area contributed by atoms with Crippen LogP contribution in [0, 0.1) is 12.3 Å². The highest BCUT2D eigenvalue weighted by Crippen LogP contribution is 2.03. The van der Waals surface area contributed by atoms with Gasteiger partial charge < -0.3 is 4.42 Å². The highest BCUT2D eigenvalue weighted by atomic mass is 16.4. The fourth-order valence-corrected chi connectivity index (χ4v) is 0.952. The molecule has 2 rings (SSSR count). The van der Waals surface area contributed by atoms with Gasteiger partial charge >= 0.3 is 5.63 Å². The molecule has 1 aromatic carbocycles. The number of hydrogen-bond donors (Lipinski definition) is 0. The van der Waals surface area contributed by atoms with Crippen LogP contribution in [-0.2, 0) is 0 Å². The highest BCUT2D eigenvalue weighted by Gasteiger charge is 1.94. The zero-order valence-corrected chi connectivity index (χ0v) is 5.63. The van der Waals surface area contributed by atoms with Gasteiger partial charge in [0.25, 0.3) is 0 Å². The van der Waals surface area contributed by atoms with E-state index in [-0.39, 0.29) is 5.63 Å². The van der Waals surface area contributed by atoms with Crippen molar-refractivity contribution in [3.05, 3.63) is 47.0 Å². The van der Waals surface area contributed by atoms with Gasteiger partial charge in [0.1, 0.15) is 6.26 Å². The molecule has 1 heterocycles. The van der Waals surface area contributed by atoms with Crippen LogP contribution in [0.15, 0.2) is 33.5 Å². The van der Waals surface area contributed by atoms with Crippen molar-refractivity contribution in [2.75, 3.05) is 0 Å². The number of benzene rings is 1. The molecule has 0 saturated carbocycles. The second-order valence-electron chi connectivity index (χ2n) is 2.16. The summed E-state index contributed by atoms with van der Waals surface area (Å²) in [5.74, 6) is 0. The maximum absolute atomic E-state index is 11.0. The second-order valence-corrected chi connectivity index (χ2v) is 2.16. The Bertz CT molecular complexity index is 423. The summed E-state index contributed by atoms with van der Waals surface area (Å²) in [5, 5.41) is 1.29. The lowest BCUT2D eigenvalue weighted by atomic mass is 10.2. The van der Waals surface area contributed by atoms with E-state index in [0.29, 0.717) is 5.39 Å². The van der Waals surface area contributed by atoms with Crippen LogP contribution in [0.25, 0.3) is 10.8 Å². The largest absolute Gasteiger partial charge is 0.368 e. The molecular formula is C9H4O2. The molecule has 2 nitrogen and oxygen atoms in total. The molecule has 2 heteroatoms. The van der Waals surface area contributed by atoms with Crippen LogP contribution in [-0.4, -0.2) is 0 Å². The van der Waals surface area contributed by atoms with E-state index in [9.17, 15) is 4.79 Å². The number of hydrogen-bond acceptors (Lipinski definition) is 2. The maximum atomic E-state index is 11.0. The van der Waals surface area contributed by atoms with E-state index >= 15 is 0 Å². The Balaban J connectivity index is 3.03. The molecule has 0 spiro atoms. The van der Waals surface area contributed by atoms with Crippen molar-refractivity contribution in [1.29, 1.82) is 0 Å². The van der Waals surface area contributed by atoms with Crippen LogP contribution in [0.4, 0.5) is 0 Å². The van der Waals surface area contributed by atoms with Crippen LogP contribution in [0.5, 0.6) is 0 Å². The van der Waals surface area contributed by atoms with Gasteiger partial charge in [-0.2, -0.15) is 0 Å². The fraction of sp³-hybridized carbons (Fsp3) is 0. The molecule has 0 aliphatic rings. The van der Waals surface area contributed by atoms with Gasteiger partial charge in [0, 0.05) is 5.39 Å². The number of fused-ring (bicyclic) bond motifs is 1. The standard InChI is InChI=1S/C9H4O2/c10-9-8-4-2-1-3-7(8)5-6-11-9/h1-4H. The lowest BCUT2D eigenvalue weighted by Gasteiger charge is -1.86. The first-order chi connectivity index (χ1) is 5.38. The van der Waals surface area contributed by atoms with Gasteiger partial charge in [-0.3, -0.25) is 0 Å². The first kappa shape index (κ1) is 5.99. The zero-order valence-electron chi connectivity index (χ0n) is 5.63. The Hall–Kier alpha value is -1.75. The Morgan fingerprint density at radius 3 is 2.91 bits per heavy atom. The Kier molecular flexibility index (Phi) is 1.16.